The molecule has 0 radical (unpaired) electrons. The lowest BCUT2D eigenvalue weighted by atomic mass is 10.2. The highest BCUT2D eigenvalue weighted by Crippen LogP contribution is 2.11. The quantitative estimate of drug-likeness (QED) is 0.868. The van der Waals surface area contributed by atoms with Gasteiger partial charge in [-0.25, -0.2) is 0 Å². The van der Waals surface area contributed by atoms with Gasteiger partial charge in [0.15, 0.2) is 0 Å². The van der Waals surface area contributed by atoms with E-state index in [9.17, 15) is 0 Å². The van der Waals surface area contributed by atoms with E-state index in [0.717, 1.165) is 12.2 Å². The molecule has 1 heterocycles. The molecule has 3 nitrogen and oxygen atoms in total. The van der Waals surface area contributed by atoms with Gasteiger partial charge in [-0.1, -0.05) is 30.3 Å². The minimum Gasteiger partial charge on any atom is -0.399 e. The maximum atomic E-state index is 5.78. The third-order valence-corrected chi connectivity index (χ3v) is 2.44. The Hall–Kier alpha value is -1.42. The van der Waals surface area contributed by atoms with Crippen LogP contribution in [0.5, 0.6) is 0 Å². The number of rotatable bonds is 2. The Morgan fingerprint density at radius 2 is 1.81 bits per heavy atom. The van der Waals surface area contributed by atoms with E-state index in [1.54, 1.807) is 0 Å². The molecule has 1 aliphatic heterocycles. The molecule has 0 aliphatic carbocycles. The molecular weight excluding hydrogens is 266 g/mol. The first-order valence-electron chi connectivity index (χ1n) is 4.96. The summed E-state index contributed by atoms with van der Waals surface area (Å²) < 4.78 is 0. The van der Waals surface area contributed by atoms with Gasteiger partial charge in [-0.05, 0) is 11.6 Å². The van der Waals surface area contributed by atoms with Crippen LogP contribution in [0.15, 0.2) is 54.0 Å². The predicted molar refractivity (Wildman–Crippen MR) is 71.7 cm³/mol. The van der Waals surface area contributed by atoms with Gasteiger partial charge >= 0.3 is 0 Å². The smallest absolute Gasteiger partial charge is 0.0593 e. The van der Waals surface area contributed by atoms with Gasteiger partial charge in [-0.15, -0.1) is 17.0 Å². The van der Waals surface area contributed by atoms with Crippen LogP contribution in [0.1, 0.15) is 5.56 Å². The zero-order valence-corrected chi connectivity index (χ0v) is 10.7. The molecule has 0 bridgehead atoms. The van der Waals surface area contributed by atoms with Gasteiger partial charge in [0.05, 0.1) is 17.9 Å². The summed E-state index contributed by atoms with van der Waals surface area (Å²) in [7, 11) is 0. The third kappa shape index (κ3) is 3.03. The maximum absolute atomic E-state index is 5.78. The van der Waals surface area contributed by atoms with Crippen molar-refractivity contribution in [3.63, 3.8) is 0 Å². The fourth-order valence-corrected chi connectivity index (χ4v) is 1.58. The highest BCUT2D eigenvalue weighted by molar-refractivity contribution is 8.93. The highest BCUT2D eigenvalue weighted by Gasteiger charge is 2.08. The monoisotopic (exact) mass is 281 g/mol. The maximum Gasteiger partial charge on any atom is 0.0593 e. The molecule has 0 saturated carbocycles. The molecule has 0 fully saturated rings. The van der Waals surface area contributed by atoms with E-state index in [0.29, 0.717) is 12.2 Å². The van der Waals surface area contributed by atoms with Crippen molar-refractivity contribution in [3.8, 4) is 0 Å². The second-order valence-electron chi connectivity index (χ2n) is 3.69. The van der Waals surface area contributed by atoms with Crippen LogP contribution < -0.4 is 11.5 Å². The molecule has 4 heteroatoms. The molecule has 86 valence electrons. The van der Waals surface area contributed by atoms with Crippen molar-refractivity contribution in [3.05, 3.63) is 59.6 Å². The summed E-state index contributed by atoms with van der Waals surface area (Å²) in [5, 5.41) is 0. The average Bonchev–Trinajstić information content (AvgIpc) is 2.25. The lowest BCUT2D eigenvalue weighted by molar-refractivity contribution is 0.391. The molecule has 0 saturated heterocycles. The van der Waals surface area contributed by atoms with Crippen LogP contribution >= 0.6 is 17.0 Å². The molecule has 1 aromatic rings. The van der Waals surface area contributed by atoms with Crippen LogP contribution in [0.25, 0.3) is 0 Å². The number of benzene rings is 1. The minimum atomic E-state index is 0. The Labute approximate surface area is 106 Å². The number of nitrogens with zero attached hydrogens (tertiary/aromatic N) is 1. The van der Waals surface area contributed by atoms with Crippen LogP contribution in [0, 0.1) is 0 Å². The normalized spacial score (nSPS) is 14.9. The number of nitrogens with two attached hydrogens (primary N) is 2. The molecule has 4 N–H and O–H groups in total. The second-order valence-corrected chi connectivity index (χ2v) is 3.69. The van der Waals surface area contributed by atoms with E-state index in [4.69, 9.17) is 11.5 Å². The highest BCUT2D eigenvalue weighted by atomic mass is 79.9. The van der Waals surface area contributed by atoms with Gasteiger partial charge in [0.1, 0.15) is 0 Å². The Morgan fingerprint density at radius 1 is 1.12 bits per heavy atom. The second kappa shape index (κ2) is 5.61. The molecular formula is C12H16BrN3. The molecule has 0 spiro atoms. The molecule has 0 aromatic heterocycles. The van der Waals surface area contributed by atoms with Gasteiger partial charge in [-0.3, -0.25) is 0 Å². The van der Waals surface area contributed by atoms with Crippen LogP contribution in [0.3, 0.4) is 0 Å². The Balaban J connectivity index is 0.00000128. The summed E-state index contributed by atoms with van der Waals surface area (Å²) in [5.74, 6) is 0. The Kier molecular flexibility index (Phi) is 4.43. The van der Waals surface area contributed by atoms with Crippen molar-refractivity contribution in [2.75, 3.05) is 6.54 Å². The Morgan fingerprint density at radius 3 is 2.44 bits per heavy atom. The largest absolute Gasteiger partial charge is 0.399 e. The summed E-state index contributed by atoms with van der Waals surface area (Å²) in [6, 6.07) is 10.3. The van der Waals surface area contributed by atoms with Crippen LogP contribution in [0.4, 0.5) is 0 Å². The third-order valence-electron chi connectivity index (χ3n) is 2.44. The van der Waals surface area contributed by atoms with Crippen molar-refractivity contribution in [2.24, 2.45) is 11.5 Å². The summed E-state index contributed by atoms with van der Waals surface area (Å²) in [6.07, 6.45) is 3.83. The fraction of sp³-hybridized carbons (Fsp3) is 0.167. The van der Waals surface area contributed by atoms with Crippen LogP contribution in [-0.4, -0.2) is 11.4 Å². The SMILES string of the molecule is Br.NC1=C(N)CN(Cc2ccccc2)C=C1. The van der Waals surface area contributed by atoms with E-state index in [2.05, 4.69) is 17.0 Å². The first-order chi connectivity index (χ1) is 7.25. The molecule has 0 unspecified atom stereocenters. The van der Waals surface area contributed by atoms with Gasteiger partial charge in [0, 0.05) is 12.7 Å². The standard InChI is InChI=1S/C12H15N3.BrH/c13-11-6-7-15(9-12(11)14)8-10-4-2-1-3-5-10;/h1-7H,8-9,13-14H2;1H. The molecule has 1 aromatic carbocycles. The van der Waals surface area contributed by atoms with E-state index in [1.165, 1.54) is 5.56 Å². The topological polar surface area (TPSA) is 55.3 Å². The van der Waals surface area contributed by atoms with Crippen molar-refractivity contribution in [1.82, 2.24) is 4.90 Å². The van der Waals surface area contributed by atoms with Gasteiger partial charge < -0.3 is 16.4 Å². The molecule has 0 amide bonds. The van der Waals surface area contributed by atoms with E-state index < -0.39 is 0 Å². The molecule has 2 rings (SSSR count). The summed E-state index contributed by atoms with van der Waals surface area (Å²) in [5.41, 5.74) is 14.2. The molecule has 0 atom stereocenters. The number of halogens is 1. The van der Waals surface area contributed by atoms with Gasteiger partial charge in [0.25, 0.3) is 0 Å². The first-order valence-corrected chi connectivity index (χ1v) is 4.96. The predicted octanol–water partition coefficient (Wildman–Crippen LogP) is 1.72. The van der Waals surface area contributed by atoms with Crippen molar-refractivity contribution in [2.45, 2.75) is 6.54 Å². The van der Waals surface area contributed by atoms with Crippen molar-refractivity contribution >= 4 is 17.0 Å². The lowest BCUT2D eigenvalue weighted by Crippen LogP contribution is -2.28. The molecule has 1 aliphatic rings. The molecule has 16 heavy (non-hydrogen) atoms. The number of allylic oxidation sites excluding steroid dienone is 1. The van der Waals surface area contributed by atoms with Gasteiger partial charge in [-0.2, -0.15) is 0 Å². The zero-order valence-electron chi connectivity index (χ0n) is 8.97. The first kappa shape index (κ1) is 12.6. The van der Waals surface area contributed by atoms with Crippen LogP contribution in [0.2, 0.25) is 0 Å². The number of hydrogen-bond acceptors (Lipinski definition) is 3. The van der Waals surface area contributed by atoms with Crippen LogP contribution in [-0.2, 0) is 6.54 Å². The van der Waals surface area contributed by atoms with Gasteiger partial charge in [0.2, 0.25) is 0 Å². The fourth-order valence-electron chi connectivity index (χ4n) is 1.58. The summed E-state index contributed by atoms with van der Waals surface area (Å²) in [4.78, 5) is 2.14. The van der Waals surface area contributed by atoms with Crippen molar-refractivity contribution < 1.29 is 0 Å². The zero-order chi connectivity index (χ0) is 10.7. The van der Waals surface area contributed by atoms with E-state index >= 15 is 0 Å². The van der Waals surface area contributed by atoms with E-state index in [1.807, 2.05) is 30.5 Å². The van der Waals surface area contributed by atoms with E-state index in [-0.39, 0.29) is 17.0 Å². The summed E-state index contributed by atoms with van der Waals surface area (Å²) in [6.45, 7) is 1.57. The minimum absolute atomic E-state index is 0. The van der Waals surface area contributed by atoms with Crippen molar-refractivity contribution in [1.29, 1.82) is 0 Å². The Bertz CT molecular complexity index is 398. The summed E-state index contributed by atoms with van der Waals surface area (Å²) >= 11 is 0. The average molecular weight is 282 g/mol. The lowest BCUT2D eigenvalue weighted by Gasteiger charge is -2.24. The number of hydrogen-bond donors (Lipinski definition) is 2.